The van der Waals surface area contributed by atoms with Gasteiger partial charge < -0.3 is 15.0 Å². The van der Waals surface area contributed by atoms with Crippen molar-refractivity contribution < 1.29 is 27.5 Å². The SMILES string of the molecule is COCCN1C(=O)c2ccccc2[C@@H](C(=O)Nc2ccc(C(F)(F)F)cc2)C12CCCC2. The highest BCUT2D eigenvalue weighted by molar-refractivity contribution is 6.05. The molecule has 1 fully saturated rings. The molecule has 2 aromatic carbocycles. The van der Waals surface area contributed by atoms with Crippen LogP contribution < -0.4 is 5.32 Å². The molecule has 2 aromatic rings. The maximum absolute atomic E-state index is 13.6. The minimum absolute atomic E-state index is 0.113. The van der Waals surface area contributed by atoms with Crippen molar-refractivity contribution >= 4 is 17.5 Å². The summed E-state index contributed by atoms with van der Waals surface area (Å²) in [5.41, 5.74) is -0.0257. The van der Waals surface area contributed by atoms with Gasteiger partial charge in [0.15, 0.2) is 0 Å². The maximum atomic E-state index is 13.6. The Morgan fingerprint density at radius 2 is 1.78 bits per heavy atom. The molecular formula is C24H25F3N2O3. The first-order chi connectivity index (χ1) is 15.3. The number of carbonyl (C=O) groups excluding carboxylic acids is 2. The number of benzene rings is 2. The van der Waals surface area contributed by atoms with Gasteiger partial charge in [-0.2, -0.15) is 13.2 Å². The molecule has 170 valence electrons. The van der Waals surface area contributed by atoms with Gasteiger partial charge in [0.25, 0.3) is 5.91 Å². The molecule has 1 atom stereocenters. The van der Waals surface area contributed by atoms with Crippen LogP contribution in [0.15, 0.2) is 48.5 Å². The molecule has 5 nitrogen and oxygen atoms in total. The number of methoxy groups -OCH3 is 1. The van der Waals surface area contributed by atoms with Crippen LogP contribution in [-0.2, 0) is 15.7 Å². The summed E-state index contributed by atoms with van der Waals surface area (Å²) >= 11 is 0. The summed E-state index contributed by atoms with van der Waals surface area (Å²) in [6.45, 7) is 0.719. The summed E-state index contributed by atoms with van der Waals surface area (Å²) in [7, 11) is 1.57. The first-order valence-corrected chi connectivity index (χ1v) is 10.7. The molecule has 1 aliphatic heterocycles. The molecule has 0 bridgehead atoms. The first-order valence-electron chi connectivity index (χ1n) is 10.7. The highest BCUT2D eigenvalue weighted by atomic mass is 19.4. The number of amides is 2. The largest absolute Gasteiger partial charge is 0.416 e. The zero-order chi connectivity index (χ0) is 22.9. The third-order valence-electron chi connectivity index (χ3n) is 6.55. The van der Waals surface area contributed by atoms with Crippen molar-refractivity contribution in [3.63, 3.8) is 0 Å². The minimum atomic E-state index is -4.44. The van der Waals surface area contributed by atoms with Crippen LogP contribution in [0.5, 0.6) is 0 Å². The van der Waals surface area contributed by atoms with E-state index in [0.717, 1.165) is 25.0 Å². The average Bonchev–Trinajstić information content (AvgIpc) is 3.23. The molecule has 2 aliphatic rings. The van der Waals surface area contributed by atoms with Crippen LogP contribution in [0.2, 0.25) is 0 Å². The van der Waals surface area contributed by atoms with Crippen LogP contribution in [0.4, 0.5) is 18.9 Å². The normalized spacial score (nSPS) is 19.8. The highest BCUT2D eigenvalue weighted by Gasteiger charge is 2.55. The lowest BCUT2D eigenvalue weighted by atomic mass is 9.71. The molecule has 0 radical (unpaired) electrons. The minimum Gasteiger partial charge on any atom is -0.383 e. The third kappa shape index (κ3) is 3.88. The number of nitrogens with zero attached hydrogens (tertiary/aromatic N) is 1. The maximum Gasteiger partial charge on any atom is 0.416 e. The second kappa shape index (κ2) is 8.58. The Bertz CT molecular complexity index is 998. The van der Waals surface area contributed by atoms with Gasteiger partial charge in [-0.25, -0.2) is 0 Å². The Kier molecular flexibility index (Phi) is 5.99. The molecular weight excluding hydrogens is 421 g/mol. The van der Waals surface area contributed by atoms with E-state index in [1.165, 1.54) is 12.1 Å². The van der Waals surface area contributed by atoms with E-state index in [0.29, 0.717) is 37.1 Å². The summed E-state index contributed by atoms with van der Waals surface area (Å²) in [5.74, 6) is -1.06. The smallest absolute Gasteiger partial charge is 0.383 e. The highest BCUT2D eigenvalue weighted by Crippen LogP contribution is 2.50. The van der Waals surface area contributed by atoms with Gasteiger partial charge in [0, 0.05) is 24.9 Å². The zero-order valence-corrected chi connectivity index (χ0v) is 17.7. The number of hydrogen-bond donors (Lipinski definition) is 1. The first kappa shape index (κ1) is 22.3. The predicted molar refractivity (Wildman–Crippen MR) is 113 cm³/mol. The fourth-order valence-corrected chi connectivity index (χ4v) is 5.13. The monoisotopic (exact) mass is 446 g/mol. The lowest BCUT2D eigenvalue weighted by molar-refractivity contribution is -0.137. The number of rotatable bonds is 5. The second-order valence-corrected chi connectivity index (χ2v) is 8.34. The summed E-state index contributed by atoms with van der Waals surface area (Å²) in [6.07, 6.45) is -1.29. The van der Waals surface area contributed by atoms with Crippen LogP contribution in [0.25, 0.3) is 0 Å². The van der Waals surface area contributed by atoms with Gasteiger partial charge in [-0.05, 0) is 48.7 Å². The van der Waals surface area contributed by atoms with Crippen molar-refractivity contribution in [3.05, 3.63) is 65.2 Å². The Morgan fingerprint density at radius 1 is 1.12 bits per heavy atom. The van der Waals surface area contributed by atoms with Crippen molar-refractivity contribution in [1.29, 1.82) is 0 Å². The Hall–Kier alpha value is -2.87. The molecule has 4 rings (SSSR count). The van der Waals surface area contributed by atoms with E-state index in [-0.39, 0.29) is 17.5 Å². The second-order valence-electron chi connectivity index (χ2n) is 8.34. The van der Waals surface area contributed by atoms with Crippen molar-refractivity contribution in [2.45, 2.75) is 43.3 Å². The fourth-order valence-electron chi connectivity index (χ4n) is 5.13. The summed E-state index contributed by atoms with van der Waals surface area (Å²) < 4.78 is 43.9. The van der Waals surface area contributed by atoms with E-state index in [2.05, 4.69) is 5.32 Å². The van der Waals surface area contributed by atoms with E-state index in [1.54, 1.807) is 36.3 Å². The molecule has 0 saturated heterocycles. The molecule has 32 heavy (non-hydrogen) atoms. The lowest BCUT2D eigenvalue weighted by Gasteiger charge is -2.50. The molecule has 0 aromatic heterocycles. The van der Waals surface area contributed by atoms with Crippen molar-refractivity contribution in [3.8, 4) is 0 Å². The van der Waals surface area contributed by atoms with Gasteiger partial charge in [-0.15, -0.1) is 0 Å². The number of ether oxygens (including phenoxy) is 1. The molecule has 2 amide bonds. The molecule has 1 N–H and O–H groups in total. The van der Waals surface area contributed by atoms with Gasteiger partial charge in [0.05, 0.1) is 23.6 Å². The van der Waals surface area contributed by atoms with E-state index in [1.807, 2.05) is 0 Å². The van der Waals surface area contributed by atoms with Gasteiger partial charge in [-0.3, -0.25) is 9.59 Å². The van der Waals surface area contributed by atoms with Crippen molar-refractivity contribution in [2.24, 2.45) is 0 Å². The van der Waals surface area contributed by atoms with Gasteiger partial charge in [0.1, 0.15) is 0 Å². The van der Waals surface area contributed by atoms with E-state index in [4.69, 9.17) is 4.74 Å². The Labute approximate surface area is 184 Å². The van der Waals surface area contributed by atoms with Crippen molar-refractivity contribution in [1.82, 2.24) is 4.90 Å². The summed E-state index contributed by atoms with van der Waals surface area (Å²) in [4.78, 5) is 28.8. The molecule has 1 aliphatic carbocycles. The van der Waals surface area contributed by atoms with Gasteiger partial charge >= 0.3 is 6.18 Å². The van der Waals surface area contributed by atoms with Crippen LogP contribution >= 0.6 is 0 Å². The standard InChI is InChI=1S/C24H25F3N2O3/c1-32-15-14-29-22(31)19-7-3-2-6-18(19)20(23(29)12-4-5-13-23)21(30)28-17-10-8-16(9-11-17)24(25,26)27/h2-3,6-11,20H,4-5,12-15H2,1H3,(H,28,30)/t20-/m0/s1. The van der Waals surface area contributed by atoms with Crippen LogP contribution in [0, 0.1) is 0 Å². The summed E-state index contributed by atoms with van der Waals surface area (Å²) in [5, 5.41) is 2.80. The number of nitrogens with one attached hydrogen (secondary N) is 1. The molecule has 0 unspecified atom stereocenters. The Morgan fingerprint density at radius 3 is 2.41 bits per heavy atom. The fraction of sp³-hybridized carbons (Fsp3) is 0.417. The number of hydrogen-bond acceptors (Lipinski definition) is 3. The van der Waals surface area contributed by atoms with Crippen LogP contribution in [0.3, 0.4) is 0 Å². The number of fused-ring (bicyclic) bond motifs is 1. The van der Waals surface area contributed by atoms with E-state index < -0.39 is 23.2 Å². The summed E-state index contributed by atoms with van der Waals surface area (Å²) in [6, 6.07) is 11.5. The van der Waals surface area contributed by atoms with Gasteiger partial charge in [-0.1, -0.05) is 31.0 Å². The van der Waals surface area contributed by atoms with Crippen LogP contribution in [-0.4, -0.2) is 42.5 Å². The Balaban J connectivity index is 1.72. The molecule has 1 heterocycles. The topological polar surface area (TPSA) is 58.6 Å². The van der Waals surface area contributed by atoms with E-state index >= 15 is 0 Å². The third-order valence-corrected chi connectivity index (χ3v) is 6.55. The lowest BCUT2D eigenvalue weighted by Crippen LogP contribution is -2.60. The average molecular weight is 446 g/mol. The van der Waals surface area contributed by atoms with Gasteiger partial charge in [0.2, 0.25) is 5.91 Å². The number of alkyl halides is 3. The predicted octanol–water partition coefficient (Wildman–Crippen LogP) is 4.84. The quantitative estimate of drug-likeness (QED) is 0.715. The number of anilines is 1. The van der Waals surface area contributed by atoms with Crippen molar-refractivity contribution in [2.75, 3.05) is 25.6 Å². The van der Waals surface area contributed by atoms with E-state index in [9.17, 15) is 22.8 Å². The number of halogens is 3. The van der Waals surface area contributed by atoms with Crippen LogP contribution in [0.1, 0.15) is 53.1 Å². The molecule has 8 heteroatoms. The number of carbonyl (C=O) groups is 2. The zero-order valence-electron chi connectivity index (χ0n) is 17.7. The molecule has 1 saturated carbocycles. The molecule has 1 spiro atoms.